The molecule has 1 N–H and O–H groups in total. The van der Waals surface area contributed by atoms with Crippen LogP contribution in [0.15, 0.2) is 170 Å². The number of rotatable bonds is 9. The van der Waals surface area contributed by atoms with Crippen LogP contribution in [-0.4, -0.2) is 39.6 Å². The highest BCUT2D eigenvalue weighted by atomic mass is 35.7. The molecule has 0 amide bonds. The Labute approximate surface area is 349 Å². The summed E-state index contributed by atoms with van der Waals surface area (Å²) in [7, 11) is 0.827. The molecule has 6 aromatic carbocycles. The number of anilines is 4. The van der Waals surface area contributed by atoms with E-state index in [4.69, 9.17) is 38.1 Å². The van der Waals surface area contributed by atoms with E-state index in [1.54, 1.807) is 14.2 Å². The van der Waals surface area contributed by atoms with Crippen molar-refractivity contribution in [2.45, 2.75) is 6.17 Å². The van der Waals surface area contributed by atoms with E-state index in [0.29, 0.717) is 0 Å². The van der Waals surface area contributed by atoms with Crippen LogP contribution in [0.3, 0.4) is 0 Å². The maximum Gasteiger partial charge on any atom is 0.179 e. The molecule has 0 fully saturated rings. The molecule has 0 unspecified atom stereocenters. The summed E-state index contributed by atoms with van der Waals surface area (Å²) >= 11 is 0. The largest absolute Gasteiger partial charge is 0.497 e. The second kappa shape index (κ2) is 17.1. The lowest BCUT2D eigenvalue weighted by Crippen LogP contribution is -2.58. The number of fused-ring (bicyclic) bond motifs is 2. The van der Waals surface area contributed by atoms with Crippen LogP contribution in [0.4, 0.5) is 23.0 Å². The highest BCUT2D eigenvalue weighted by Gasteiger charge is 2.40. The predicted molar refractivity (Wildman–Crippen MR) is 227 cm³/mol. The minimum atomic E-state index is -4.69. The molecule has 60 heavy (non-hydrogen) atoms. The quantitative estimate of drug-likeness (QED) is 0.159. The monoisotopic (exact) mass is 817 g/mol. The van der Waals surface area contributed by atoms with Crippen molar-refractivity contribution >= 4 is 40.0 Å². The molecule has 3 heterocycles. The molecule has 2 aromatic heterocycles. The lowest BCUT2D eigenvalue weighted by Gasteiger charge is -2.30. The van der Waals surface area contributed by atoms with Crippen molar-refractivity contribution in [1.82, 2.24) is 14.5 Å². The van der Waals surface area contributed by atoms with Crippen LogP contribution in [-0.2, 0) is 7.05 Å². The van der Waals surface area contributed by atoms with Gasteiger partial charge in [-0.3, -0.25) is 9.80 Å². The van der Waals surface area contributed by atoms with Crippen LogP contribution in [0.25, 0.3) is 50.8 Å². The summed E-state index contributed by atoms with van der Waals surface area (Å²) in [6.45, 7) is 0. The predicted octanol–water partition coefficient (Wildman–Crippen LogP) is 7.19. The van der Waals surface area contributed by atoms with Gasteiger partial charge in [-0.05, 0) is 66.2 Å². The van der Waals surface area contributed by atoms with E-state index in [1.165, 1.54) is 5.39 Å². The summed E-state index contributed by atoms with van der Waals surface area (Å²) in [4.78, 5) is 15.7. The Hall–Kier alpha value is -6.99. The van der Waals surface area contributed by atoms with Crippen molar-refractivity contribution in [2.75, 3.05) is 24.0 Å². The lowest BCUT2D eigenvalue weighted by atomic mass is 10.0. The van der Waals surface area contributed by atoms with Crippen molar-refractivity contribution in [2.24, 2.45) is 7.05 Å². The summed E-state index contributed by atoms with van der Waals surface area (Å²) in [5.74, 6) is 3.05. The Bertz CT molecular complexity index is 2620. The average molecular weight is 818 g/mol. The van der Waals surface area contributed by atoms with Gasteiger partial charge in [-0.25, -0.2) is 9.97 Å². The molecule has 0 radical (unpaired) electrons. The first kappa shape index (κ1) is 39.8. The molecule has 300 valence electrons. The van der Waals surface area contributed by atoms with Gasteiger partial charge in [0.05, 0.1) is 46.2 Å². The second-order valence-electron chi connectivity index (χ2n) is 13.8. The van der Waals surface area contributed by atoms with Gasteiger partial charge in [-0.15, -0.1) is 0 Å². The van der Waals surface area contributed by atoms with E-state index < -0.39 is 10.2 Å². The van der Waals surface area contributed by atoms with Crippen LogP contribution in [0.5, 0.6) is 11.5 Å². The first-order valence-corrected chi connectivity index (χ1v) is 20.2. The number of hydrogen-bond acceptors (Lipinski definition) is 10. The maximum atomic E-state index is 8.60. The maximum absolute atomic E-state index is 8.60. The zero-order valence-corrected chi connectivity index (χ0v) is 33.7. The number of para-hydroxylation sites is 1. The normalized spacial score (nSPS) is 12.7. The Morgan fingerprint density at radius 3 is 1.40 bits per heavy atom. The molecule has 1 aliphatic rings. The first-order valence-electron chi connectivity index (χ1n) is 19.0. The van der Waals surface area contributed by atoms with Crippen molar-refractivity contribution < 1.29 is 38.4 Å². The van der Waals surface area contributed by atoms with Gasteiger partial charge in [0, 0.05) is 46.0 Å². The van der Waals surface area contributed by atoms with Crippen molar-refractivity contribution in [3.63, 3.8) is 0 Å². The van der Waals surface area contributed by atoms with Crippen LogP contribution in [0.1, 0.15) is 5.56 Å². The van der Waals surface area contributed by atoms with E-state index >= 15 is 0 Å². The summed E-state index contributed by atoms with van der Waals surface area (Å²) in [6, 6.07) is 56.1. The molecule has 0 saturated heterocycles. The fourth-order valence-electron chi connectivity index (χ4n) is 7.63. The number of methoxy groups -OCH3 is 2. The molecule has 0 saturated carbocycles. The van der Waals surface area contributed by atoms with E-state index in [1.807, 2.05) is 60.7 Å². The topological polar surface area (TPSA) is 145 Å². The van der Waals surface area contributed by atoms with Gasteiger partial charge in [0.2, 0.25) is 0 Å². The third kappa shape index (κ3) is 8.16. The number of halogens is 1. The molecule has 0 spiro atoms. The highest BCUT2D eigenvalue weighted by Crippen LogP contribution is 2.49. The Morgan fingerprint density at radius 2 is 0.967 bits per heavy atom. The molecule has 0 aliphatic carbocycles. The lowest BCUT2D eigenvalue weighted by molar-refractivity contribution is -1.92. The Balaban J connectivity index is 0.000000943. The SMILES string of the molecule is COc1ccc(N2c3nc(-c4ccccc4)c(-c4ccccc4)nc3N(c3ccc(OC)cc3)C2C=Cc2c(-c3ccccc3)n(C)c3ccccc23)cc1.[O-][Cl+3]([O-])([O-])O. The number of ether oxygens (including phenoxy) is 2. The molecule has 12 heteroatoms. The third-order valence-electron chi connectivity index (χ3n) is 10.3. The Morgan fingerprint density at radius 1 is 0.567 bits per heavy atom. The molecule has 11 nitrogen and oxygen atoms in total. The van der Waals surface area contributed by atoms with E-state index in [-0.39, 0.29) is 6.17 Å². The van der Waals surface area contributed by atoms with Gasteiger partial charge in [-0.2, -0.15) is 14.0 Å². The highest BCUT2D eigenvalue weighted by molar-refractivity contribution is 5.98. The van der Waals surface area contributed by atoms with Crippen LogP contribution >= 0.6 is 0 Å². The summed E-state index contributed by atoms with van der Waals surface area (Å²) in [5, 5.41) is 1.18. The number of nitrogens with zero attached hydrogens (tertiary/aromatic N) is 5. The van der Waals surface area contributed by atoms with E-state index in [0.717, 1.165) is 79.4 Å². The molecule has 0 atom stereocenters. The molecule has 9 rings (SSSR count). The summed E-state index contributed by atoms with van der Waals surface area (Å²) in [5.41, 5.74) is 10.1. The number of benzene rings is 6. The standard InChI is InChI=1S/C48H39N5O2.ClHO4/c1-51-42-22-14-13-21-40(42)41(46(51)35-19-11-6-12-20-35)31-32-43-52(36-23-27-38(54-2)28-24-36)47-48(53(43)37-25-29-39(55-3)30-26-37)50-45(34-17-9-5-10-18-34)44(49-47)33-15-7-4-8-16-33;2-1(3,4)5/h4-32,43H,1-3H3;(H,2,3,4,5). The summed E-state index contributed by atoms with van der Waals surface area (Å²) < 4.78 is 46.2. The average Bonchev–Trinajstić information content (AvgIpc) is 3.75. The second-order valence-corrected chi connectivity index (χ2v) is 14.6. The van der Waals surface area contributed by atoms with Crippen LogP contribution in [0.2, 0.25) is 0 Å². The van der Waals surface area contributed by atoms with Gasteiger partial charge >= 0.3 is 0 Å². The van der Waals surface area contributed by atoms with Crippen LogP contribution < -0.4 is 33.3 Å². The number of aryl methyl sites for hydroxylation is 1. The minimum Gasteiger partial charge on any atom is -0.497 e. The molecule has 0 bridgehead atoms. The van der Waals surface area contributed by atoms with Gasteiger partial charge < -0.3 is 14.0 Å². The minimum absolute atomic E-state index is 0.367. The summed E-state index contributed by atoms with van der Waals surface area (Å²) in [6.07, 6.45) is 4.18. The van der Waals surface area contributed by atoms with E-state index in [2.05, 4.69) is 137 Å². The van der Waals surface area contributed by atoms with Crippen LogP contribution in [0, 0.1) is 10.2 Å². The van der Waals surface area contributed by atoms with Crippen molar-refractivity contribution in [3.8, 4) is 45.3 Å². The Kier molecular flexibility index (Phi) is 11.3. The first-order chi connectivity index (χ1) is 29.1. The fourth-order valence-corrected chi connectivity index (χ4v) is 7.63. The molecule has 8 aromatic rings. The van der Waals surface area contributed by atoms with Gasteiger partial charge in [0.15, 0.2) is 11.6 Å². The van der Waals surface area contributed by atoms with Crippen molar-refractivity contribution in [1.29, 1.82) is 0 Å². The zero-order valence-electron chi connectivity index (χ0n) is 32.9. The number of hydrogen-bond donors (Lipinski definition) is 1. The molecular formula is C48H40ClN5O6. The fraction of sp³-hybridized carbons (Fsp3) is 0.0833. The van der Waals surface area contributed by atoms with Gasteiger partial charge in [-0.1, -0.05) is 115 Å². The molecular weight excluding hydrogens is 778 g/mol. The molecule has 1 aliphatic heterocycles. The van der Waals surface area contributed by atoms with E-state index in [9.17, 15) is 0 Å². The zero-order chi connectivity index (χ0) is 41.8. The smallest absolute Gasteiger partial charge is 0.179 e. The van der Waals surface area contributed by atoms with Gasteiger partial charge in [0.25, 0.3) is 0 Å². The third-order valence-corrected chi connectivity index (χ3v) is 10.3. The van der Waals surface area contributed by atoms with Crippen molar-refractivity contribution in [3.05, 3.63) is 175 Å². The van der Waals surface area contributed by atoms with Gasteiger partial charge in [0.1, 0.15) is 17.7 Å². The number of aromatic nitrogens is 3.